The number of nitrogens with zero attached hydrogens (tertiary/aromatic N) is 4. The second-order valence-corrected chi connectivity index (χ2v) is 12.0. The number of aryl methyl sites for hydroxylation is 2. The Morgan fingerprint density at radius 2 is 1.45 bits per heavy atom. The number of benzene rings is 4. The topological polar surface area (TPSA) is 44.3 Å². The maximum atomic E-state index is 6.62. The molecule has 4 aromatic carbocycles. The third-order valence-electron chi connectivity index (χ3n) is 9.35. The number of hydrogen-bond donors (Lipinski definition) is 0. The second kappa shape index (κ2) is 7.98. The van der Waals surface area contributed by atoms with Crippen LogP contribution in [-0.4, -0.2) is 18.9 Å². The van der Waals surface area contributed by atoms with Crippen LogP contribution in [0.25, 0.3) is 54.9 Å². The van der Waals surface area contributed by atoms with Crippen LogP contribution in [0.4, 0.5) is 0 Å². The van der Waals surface area contributed by atoms with Crippen LogP contribution >= 0.6 is 0 Å². The number of para-hydroxylation sites is 2. The summed E-state index contributed by atoms with van der Waals surface area (Å²) in [6.45, 7) is 8.83. The summed E-state index contributed by atoms with van der Waals surface area (Å²) in [6.07, 6.45) is 1.88. The van der Waals surface area contributed by atoms with Crippen LogP contribution in [0.1, 0.15) is 36.4 Å². The fraction of sp³-hybridized carbons (Fsp3) is 0.135. The molecule has 0 saturated heterocycles. The number of pyridine rings is 2. The lowest BCUT2D eigenvalue weighted by Crippen LogP contribution is -2.26. The van der Waals surface area contributed by atoms with Gasteiger partial charge in [0.2, 0.25) is 0 Å². The highest BCUT2D eigenvalue weighted by Gasteiger charge is 2.35. The maximum Gasteiger partial charge on any atom is 0.145 e. The van der Waals surface area contributed by atoms with Crippen LogP contribution in [0, 0.1) is 13.8 Å². The lowest BCUT2D eigenvalue weighted by atomic mass is 9.74. The molecule has 4 aromatic heterocycles. The van der Waals surface area contributed by atoms with Crippen molar-refractivity contribution < 1.29 is 4.74 Å². The molecule has 0 atom stereocenters. The Labute approximate surface area is 242 Å². The molecule has 0 radical (unpaired) electrons. The van der Waals surface area contributed by atoms with E-state index in [0.717, 1.165) is 45.3 Å². The Balaban J connectivity index is 1.24. The van der Waals surface area contributed by atoms with E-state index in [0.29, 0.717) is 0 Å². The fourth-order valence-electron chi connectivity index (χ4n) is 7.19. The predicted octanol–water partition coefficient (Wildman–Crippen LogP) is 9.18. The van der Waals surface area contributed by atoms with Gasteiger partial charge in [0, 0.05) is 44.9 Å². The minimum absolute atomic E-state index is 0.163. The molecule has 0 aliphatic carbocycles. The number of aromatic nitrogens is 4. The van der Waals surface area contributed by atoms with Gasteiger partial charge >= 0.3 is 0 Å². The van der Waals surface area contributed by atoms with Gasteiger partial charge in [0.25, 0.3) is 0 Å². The van der Waals surface area contributed by atoms with Gasteiger partial charge in [-0.15, -0.1) is 0 Å². The fourth-order valence-corrected chi connectivity index (χ4v) is 7.19. The number of ether oxygens (including phenoxy) is 1. The highest BCUT2D eigenvalue weighted by atomic mass is 16.5. The van der Waals surface area contributed by atoms with Crippen LogP contribution in [0.5, 0.6) is 11.5 Å². The Hall–Kier alpha value is -5.16. The smallest absolute Gasteiger partial charge is 0.145 e. The molecule has 42 heavy (non-hydrogen) atoms. The minimum Gasteiger partial charge on any atom is -0.457 e. The molecule has 5 heteroatoms. The quantitative estimate of drug-likeness (QED) is 0.204. The molecule has 0 unspecified atom stereocenters. The Morgan fingerprint density at radius 3 is 2.36 bits per heavy atom. The third kappa shape index (κ3) is 2.92. The Bertz CT molecular complexity index is 2440. The second-order valence-electron chi connectivity index (χ2n) is 12.0. The zero-order valence-electron chi connectivity index (χ0n) is 23.9. The SMILES string of the molecule is Cc1nc2c3cc(Oc4ccc5c(c4)-n4c6ncccc6c6cccc(c64)C5(C)C)ccc3c3ccccc3n2c1C. The van der Waals surface area contributed by atoms with Gasteiger partial charge in [-0.3, -0.25) is 8.97 Å². The molecule has 0 saturated carbocycles. The van der Waals surface area contributed by atoms with Gasteiger partial charge in [-0.25, -0.2) is 9.97 Å². The van der Waals surface area contributed by atoms with E-state index >= 15 is 0 Å². The van der Waals surface area contributed by atoms with Crippen LogP contribution in [0.2, 0.25) is 0 Å². The highest BCUT2D eigenvalue weighted by Crippen LogP contribution is 2.48. The standard InChI is InChI=1S/C37H28N4O/c1-21-22(2)40-32-13-6-5-9-26(32)25-16-14-23(19-29(25)36(40)39-21)42-24-15-17-30-33(20-24)41-34-27(28-11-8-18-38-35(28)41)10-7-12-31(34)37(30,3)4/h5-20H,1-4H3. The van der Waals surface area contributed by atoms with Crippen molar-refractivity contribution >= 4 is 49.3 Å². The molecule has 0 spiro atoms. The van der Waals surface area contributed by atoms with Crippen molar-refractivity contribution in [3.8, 4) is 17.2 Å². The van der Waals surface area contributed by atoms with E-state index in [4.69, 9.17) is 14.7 Å². The average molecular weight is 545 g/mol. The summed E-state index contributed by atoms with van der Waals surface area (Å²) < 4.78 is 11.2. The molecule has 8 aromatic rings. The van der Waals surface area contributed by atoms with Crippen molar-refractivity contribution in [2.75, 3.05) is 0 Å². The van der Waals surface area contributed by atoms with Crippen LogP contribution in [0.15, 0.2) is 97.2 Å². The third-order valence-corrected chi connectivity index (χ3v) is 9.35. The number of imidazole rings is 1. The van der Waals surface area contributed by atoms with Gasteiger partial charge in [0.1, 0.15) is 22.8 Å². The first-order chi connectivity index (χ1) is 20.4. The normalized spacial score (nSPS) is 13.9. The van der Waals surface area contributed by atoms with Gasteiger partial charge < -0.3 is 4.74 Å². The van der Waals surface area contributed by atoms with E-state index in [9.17, 15) is 0 Å². The first-order valence-electron chi connectivity index (χ1n) is 14.4. The molecule has 9 rings (SSSR count). The summed E-state index contributed by atoms with van der Waals surface area (Å²) in [5.74, 6) is 1.58. The molecule has 5 heterocycles. The molecule has 1 aliphatic rings. The van der Waals surface area contributed by atoms with Crippen LogP contribution < -0.4 is 4.74 Å². The zero-order chi connectivity index (χ0) is 28.3. The molecule has 0 fully saturated rings. The van der Waals surface area contributed by atoms with Crippen molar-refractivity contribution in [1.82, 2.24) is 18.9 Å². The zero-order valence-corrected chi connectivity index (χ0v) is 23.9. The van der Waals surface area contributed by atoms with Gasteiger partial charge in [0.05, 0.1) is 22.4 Å². The monoisotopic (exact) mass is 544 g/mol. The molecule has 1 aliphatic heterocycles. The van der Waals surface area contributed by atoms with E-state index in [-0.39, 0.29) is 5.41 Å². The first-order valence-corrected chi connectivity index (χ1v) is 14.4. The van der Waals surface area contributed by atoms with Crippen molar-refractivity contribution in [3.63, 3.8) is 0 Å². The summed E-state index contributed by atoms with van der Waals surface area (Å²) in [5.41, 5.74) is 10.0. The molecule has 202 valence electrons. The molecule has 0 N–H and O–H groups in total. The van der Waals surface area contributed by atoms with Crippen LogP contribution in [0.3, 0.4) is 0 Å². The van der Waals surface area contributed by atoms with E-state index in [1.165, 1.54) is 43.7 Å². The van der Waals surface area contributed by atoms with Crippen molar-refractivity contribution in [2.24, 2.45) is 0 Å². The van der Waals surface area contributed by atoms with Gasteiger partial charge in [0.15, 0.2) is 0 Å². The lowest BCUT2D eigenvalue weighted by molar-refractivity contribution is 0.482. The summed E-state index contributed by atoms with van der Waals surface area (Å²) in [5, 5.41) is 5.86. The van der Waals surface area contributed by atoms with E-state index in [1.807, 2.05) is 12.3 Å². The first kappa shape index (κ1) is 23.5. The van der Waals surface area contributed by atoms with Crippen molar-refractivity contribution in [2.45, 2.75) is 33.1 Å². The van der Waals surface area contributed by atoms with Gasteiger partial charge in [-0.2, -0.15) is 0 Å². The van der Waals surface area contributed by atoms with Crippen molar-refractivity contribution in [1.29, 1.82) is 0 Å². The van der Waals surface area contributed by atoms with Crippen molar-refractivity contribution in [3.05, 3.63) is 120 Å². The maximum absolute atomic E-state index is 6.62. The summed E-state index contributed by atoms with van der Waals surface area (Å²) in [4.78, 5) is 9.81. The molecular formula is C37H28N4O. The van der Waals surface area contributed by atoms with Gasteiger partial charge in [-0.05, 0) is 72.8 Å². The van der Waals surface area contributed by atoms with E-state index in [2.05, 4.69) is 122 Å². The Kier molecular flexibility index (Phi) is 4.47. The average Bonchev–Trinajstić information content (AvgIpc) is 3.50. The summed E-state index contributed by atoms with van der Waals surface area (Å²) in [7, 11) is 0. The molecule has 0 amide bonds. The molecule has 5 nitrogen and oxygen atoms in total. The van der Waals surface area contributed by atoms with Gasteiger partial charge in [-0.1, -0.05) is 56.3 Å². The summed E-state index contributed by atoms with van der Waals surface area (Å²) in [6, 6.07) is 32.2. The number of hydrogen-bond acceptors (Lipinski definition) is 3. The Morgan fingerprint density at radius 1 is 0.667 bits per heavy atom. The lowest BCUT2D eigenvalue weighted by Gasteiger charge is -2.34. The molecular weight excluding hydrogens is 516 g/mol. The van der Waals surface area contributed by atoms with Crippen LogP contribution in [-0.2, 0) is 5.41 Å². The van der Waals surface area contributed by atoms with E-state index < -0.39 is 0 Å². The highest BCUT2D eigenvalue weighted by molar-refractivity contribution is 6.12. The molecule has 0 bridgehead atoms. The number of fused-ring (bicyclic) bond motifs is 11. The largest absolute Gasteiger partial charge is 0.457 e. The minimum atomic E-state index is -0.163. The number of rotatable bonds is 2. The predicted molar refractivity (Wildman–Crippen MR) is 170 cm³/mol. The summed E-state index contributed by atoms with van der Waals surface area (Å²) >= 11 is 0. The van der Waals surface area contributed by atoms with E-state index in [1.54, 1.807) is 0 Å².